The largest absolute Gasteiger partial charge is 0.378 e. The highest BCUT2D eigenvalue weighted by Gasteiger charge is 2.42. The van der Waals surface area contributed by atoms with Crippen molar-refractivity contribution in [2.75, 3.05) is 21.3 Å². The van der Waals surface area contributed by atoms with E-state index in [-0.39, 0.29) is 24.4 Å². The lowest BCUT2D eigenvalue weighted by Crippen LogP contribution is -2.58. The first kappa shape index (κ1) is 20.2. The molecule has 1 rings (SSSR count). The van der Waals surface area contributed by atoms with E-state index in [2.05, 4.69) is 6.92 Å². The third kappa shape index (κ3) is 5.22. The van der Waals surface area contributed by atoms with Gasteiger partial charge in [0, 0.05) is 27.4 Å². The normalized spacial score (nSPS) is 34.8. The zero-order valence-electron chi connectivity index (χ0n) is 13.4. The van der Waals surface area contributed by atoms with Crippen LogP contribution in [-0.4, -0.2) is 45.7 Å². The number of nitrogens with two attached hydrogens (primary N) is 1. The van der Waals surface area contributed by atoms with E-state index in [0.717, 1.165) is 6.42 Å². The summed E-state index contributed by atoms with van der Waals surface area (Å²) in [7, 11) is 5.05. The zero-order valence-corrected chi connectivity index (χ0v) is 13.4. The minimum atomic E-state index is -0.0684. The Hall–Kier alpha value is -0.160. The van der Waals surface area contributed by atoms with Crippen molar-refractivity contribution in [2.45, 2.75) is 65.4 Å². The van der Waals surface area contributed by atoms with Crippen molar-refractivity contribution in [2.24, 2.45) is 11.7 Å². The van der Waals surface area contributed by atoms with Crippen LogP contribution in [0.5, 0.6) is 0 Å². The first-order valence-corrected chi connectivity index (χ1v) is 6.99. The van der Waals surface area contributed by atoms with E-state index in [1.807, 2.05) is 27.7 Å². The number of ether oxygens (including phenoxy) is 3. The SMILES string of the molecule is CC.CC.CO[C@@H]1[C@@H](OC)[C@H](C)C[C@H](N)[C@H]1OC. The fourth-order valence-electron chi connectivity index (χ4n) is 2.40. The van der Waals surface area contributed by atoms with Crippen LogP contribution < -0.4 is 5.73 Å². The summed E-state index contributed by atoms with van der Waals surface area (Å²) in [5.74, 6) is 0.409. The van der Waals surface area contributed by atoms with E-state index in [4.69, 9.17) is 19.9 Å². The smallest absolute Gasteiger partial charge is 0.111 e. The number of hydrogen-bond donors (Lipinski definition) is 1. The molecule has 0 aromatic heterocycles. The molecule has 0 aromatic rings. The molecule has 18 heavy (non-hydrogen) atoms. The van der Waals surface area contributed by atoms with E-state index < -0.39 is 0 Å². The van der Waals surface area contributed by atoms with Crippen LogP contribution in [0, 0.1) is 5.92 Å². The lowest BCUT2D eigenvalue weighted by Gasteiger charge is -2.42. The summed E-state index contributed by atoms with van der Waals surface area (Å²) in [6.07, 6.45) is 0.853. The Kier molecular flexibility index (Phi) is 13.3. The van der Waals surface area contributed by atoms with Gasteiger partial charge in [-0.15, -0.1) is 0 Å². The molecule has 0 saturated heterocycles. The molecule has 1 fully saturated rings. The van der Waals surface area contributed by atoms with Gasteiger partial charge < -0.3 is 19.9 Å². The minimum Gasteiger partial charge on any atom is -0.378 e. The Labute approximate surface area is 113 Å². The molecule has 1 aliphatic rings. The predicted octanol–water partition coefficient (Wildman–Crippen LogP) is 2.45. The van der Waals surface area contributed by atoms with Crippen LogP contribution >= 0.6 is 0 Å². The molecule has 0 aliphatic heterocycles. The maximum absolute atomic E-state index is 6.00. The van der Waals surface area contributed by atoms with Crippen molar-refractivity contribution in [3.63, 3.8) is 0 Å². The maximum atomic E-state index is 6.00. The van der Waals surface area contributed by atoms with Gasteiger partial charge in [-0.25, -0.2) is 0 Å². The molecule has 112 valence electrons. The monoisotopic (exact) mass is 263 g/mol. The number of methoxy groups -OCH3 is 3. The summed E-state index contributed by atoms with van der Waals surface area (Å²) < 4.78 is 16.2. The molecule has 0 heterocycles. The predicted molar refractivity (Wildman–Crippen MR) is 76.8 cm³/mol. The van der Waals surface area contributed by atoms with Gasteiger partial charge in [-0.1, -0.05) is 34.6 Å². The molecular formula is C14H33NO3. The minimum absolute atomic E-state index is 0.0337. The van der Waals surface area contributed by atoms with Gasteiger partial charge in [-0.3, -0.25) is 0 Å². The summed E-state index contributed by atoms with van der Waals surface area (Å²) >= 11 is 0. The fraction of sp³-hybridized carbons (Fsp3) is 1.00. The molecule has 0 amide bonds. The first-order chi connectivity index (χ1) is 8.65. The topological polar surface area (TPSA) is 53.7 Å². The van der Waals surface area contributed by atoms with Crippen LogP contribution in [-0.2, 0) is 14.2 Å². The summed E-state index contributed by atoms with van der Waals surface area (Å²) in [5, 5.41) is 0. The Bertz CT molecular complexity index is 162. The molecule has 1 saturated carbocycles. The van der Waals surface area contributed by atoms with Gasteiger partial charge in [0.1, 0.15) is 12.2 Å². The van der Waals surface area contributed by atoms with Crippen molar-refractivity contribution < 1.29 is 14.2 Å². The molecule has 5 atom stereocenters. The molecular weight excluding hydrogens is 230 g/mol. The number of hydrogen-bond acceptors (Lipinski definition) is 4. The first-order valence-electron chi connectivity index (χ1n) is 6.99. The standard InChI is InChI=1S/C10H21NO3.2C2H6/c1-6-5-7(11)9(13-3)10(14-4)8(6)12-2;2*1-2/h6-10H,5,11H2,1-4H3;2*1-2H3/t6-,7+,8+,9-,10-;;/m1../s1. The van der Waals surface area contributed by atoms with Gasteiger partial charge in [-0.05, 0) is 12.3 Å². The molecule has 0 unspecified atom stereocenters. The van der Waals surface area contributed by atoms with Gasteiger partial charge in [0.15, 0.2) is 0 Å². The van der Waals surface area contributed by atoms with Gasteiger partial charge in [0.2, 0.25) is 0 Å². The van der Waals surface area contributed by atoms with E-state index in [1.165, 1.54) is 0 Å². The summed E-state index contributed by atoms with van der Waals surface area (Å²) in [6.45, 7) is 10.1. The van der Waals surface area contributed by atoms with Crippen LogP contribution in [0.4, 0.5) is 0 Å². The molecule has 4 heteroatoms. The van der Waals surface area contributed by atoms with Gasteiger partial charge in [0.25, 0.3) is 0 Å². The highest BCUT2D eigenvalue weighted by Crippen LogP contribution is 2.29. The van der Waals surface area contributed by atoms with Crippen LogP contribution in [0.15, 0.2) is 0 Å². The quantitative estimate of drug-likeness (QED) is 0.850. The van der Waals surface area contributed by atoms with Gasteiger partial charge in [0.05, 0.1) is 6.10 Å². The van der Waals surface area contributed by atoms with Crippen LogP contribution in [0.2, 0.25) is 0 Å². The molecule has 2 N–H and O–H groups in total. The summed E-state index contributed by atoms with van der Waals surface area (Å²) in [6, 6.07) is 0.0337. The molecule has 4 nitrogen and oxygen atoms in total. The third-order valence-electron chi connectivity index (χ3n) is 3.09. The Morgan fingerprint density at radius 3 is 1.50 bits per heavy atom. The number of rotatable bonds is 3. The second-order valence-electron chi connectivity index (χ2n) is 3.98. The molecule has 0 radical (unpaired) electrons. The van der Waals surface area contributed by atoms with Crippen LogP contribution in [0.1, 0.15) is 41.0 Å². The van der Waals surface area contributed by atoms with E-state index in [9.17, 15) is 0 Å². The summed E-state index contributed by atoms with van der Waals surface area (Å²) in [4.78, 5) is 0. The Balaban J connectivity index is 0. The maximum Gasteiger partial charge on any atom is 0.111 e. The highest BCUT2D eigenvalue weighted by atomic mass is 16.6. The zero-order chi connectivity index (χ0) is 14.7. The second-order valence-corrected chi connectivity index (χ2v) is 3.98. The van der Waals surface area contributed by atoms with Crippen molar-refractivity contribution in [3.05, 3.63) is 0 Å². The third-order valence-corrected chi connectivity index (χ3v) is 3.09. The van der Waals surface area contributed by atoms with Crippen LogP contribution in [0.25, 0.3) is 0 Å². The Morgan fingerprint density at radius 1 is 0.778 bits per heavy atom. The van der Waals surface area contributed by atoms with Crippen molar-refractivity contribution in [1.29, 1.82) is 0 Å². The van der Waals surface area contributed by atoms with Crippen molar-refractivity contribution >= 4 is 0 Å². The average molecular weight is 263 g/mol. The van der Waals surface area contributed by atoms with E-state index >= 15 is 0 Å². The van der Waals surface area contributed by atoms with E-state index in [1.54, 1.807) is 21.3 Å². The Morgan fingerprint density at radius 2 is 1.17 bits per heavy atom. The fourth-order valence-corrected chi connectivity index (χ4v) is 2.40. The molecule has 0 aromatic carbocycles. The molecule has 1 aliphatic carbocycles. The van der Waals surface area contributed by atoms with Gasteiger partial charge >= 0.3 is 0 Å². The van der Waals surface area contributed by atoms with E-state index in [0.29, 0.717) is 5.92 Å². The average Bonchev–Trinajstić information content (AvgIpc) is 2.42. The van der Waals surface area contributed by atoms with Crippen LogP contribution in [0.3, 0.4) is 0 Å². The summed E-state index contributed by atoms with van der Waals surface area (Å²) in [5.41, 5.74) is 6.00. The van der Waals surface area contributed by atoms with Crippen molar-refractivity contribution in [3.8, 4) is 0 Å². The lowest BCUT2D eigenvalue weighted by molar-refractivity contribution is -0.152. The molecule has 0 spiro atoms. The molecule has 0 bridgehead atoms. The lowest BCUT2D eigenvalue weighted by atomic mass is 9.80. The second kappa shape index (κ2) is 11.9. The highest BCUT2D eigenvalue weighted by molar-refractivity contribution is 4.95. The van der Waals surface area contributed by atoms with Gasteiger partial charge in [-0.2, -0.15) is 0 Å². The van der Waals surface area contributed by atoms with Crippen molar-refractivity contribution in [1.82, 2.24) is 0 Å².